The maximum atomic E-state index is 12.0. The molecule has 4 rings (SSSR count). The first kappa shape index (κ1) is 19.6. The minimum atomic E-state index is -3.99. The van der Waals surface area contributed by atoms with Gasteiger partial charge in [0.2, 0.25) is 16.0 Å². The number of aliphatic carboxylic acids is 1. The van der Waals surface area contributed by atoms with Gasteiger partial charge in [-0.05, 0) is 38.3 Å². The molecule has 0 spiro atoms. The normalized spacial score (nSPS) is 20.8. The molecule has 2 aromatic rings. The Kier molecular flexibility index (Phi) is 4.91. The number of aryl methyl sites for hydroxylation is 1. The molecule has 1 fully saturated rings. The summed E-state index contributed by atoms with van der Waals surface area (Å²) in [7, 11) is -3.99. The molecule has 0 amide bonds. The van der Waals surface area contributed by atoms with Crippen molar-refractivity contribution in [2.24, 2.45) is 0 Å². The second kappa shape index (κ2) is 7.27. The number of rotatable bonds is 6. The molecule has 1 saturated heterocycles. The Morgan fingerprint density at radius 1 is 1.31 bits per heavy atom. The Hall–Kier alpha value is -2.72. The third-order valence-corrected chi connectivity index (χ3v) is 6.51. The van der Waals surface area contributed by atoms with Gasteiger partial charge in [-0.25, -0.2) is 18.4 Å². The lowest BCUT2D eigenvalue weighted by molar-refractivity contribution is -0.134. The number of hydrogen-bond donors (Lipinski definition) is 3. The molecular formula is C19H22N4O5S. The fourth-order valence-corrected chi connectivity index (χ4v) is 4.63. The maximum absolute atomic E-state index is 12.0. The molecule has 0 radical (unpaired) electrons. The van der Waals surface area contributed by atoms with Crippen molar-refractivity contribution in [3.8, 4) is 11.3 Å². The first-order chi connectivity index (χ1) is 13.7. The standard InChI is InChI=1S/C19H22N4O5S/c1-11-16(24)9-23(11)19-20-15-7-3-6-14(15)18(21-19)12-4-2-5-13(8-12)22-29(27,28)10-17(25)26/h2,4-5,8,11,16,22,24H,3,6-7,9-10H2,1H3,(H,25,26)/t11-,16+/m0/s1. The van der Waals surface area contributed by atoms with Crippen molar-refractivity contribution in [3.05, 3.63) is 35.5 Å². The maximum Gasteiger partial charge on any atom is 0.320 e. The van der Waals surface area contributed by atoms with Crippen LogP contribution in [-0.2, 0) is 27.7 Å². The van der Waals surface area contributed by atoms with Crippen LogP contribution < -0.4 is 9.62 Å². The predicted octanol–water partition coefficient (Wildman–Crippen LogP) is 1.03. The van der Waals surface area contributed by atoms with E-state index >= 15 is 0 Å². The van der Waals surface area contributed by atoms with Crippen LogP contribution in [0.5, 0.6) is 0 Å². The highest BCUT2D eigenvalue weighted by atomic mass is 32.2. The number of carboxylic acids is 1. The number of nitrogens with one attached hydrogen (secondary N) is 1. The van der Waals surface area contributed by atoms with Crippen LogP contribution >= 0.6 is 0 Å². The van der Waals surface area contributed by atoms with Gasteiger partial charge in [-0.15, -0.1) is 0 Å². The minimum Gasteiger partial charge on any atom is -0.480 e. The van der Waals surface area contributed by atoms with Gasteiger partial charge in [-0.1, -0.05) is 12.1 Å². The summed E-state index contributed by atoms with van der Waals surface area (Å²) in [4.78, 5) is 22.1. The van der Waals surface area contributed by atoms with Crippen molar-refractivity contribution in [3.63, 3.8) is 0 Å². The van der Waals surface area contributed by atoms with Crippen LogP contribution in [0, 0.1) is 0 Å². The van der Waals surface area contributed by atoms with Gasteiger partial charge in [0.15, 0.2) is 5.75 Å². The van der Waals surface area contributed by atoms with Crippen molar-refractivity contribution in [2.45, 2.75) is 38.3 Å². The van der Waals surface area contributed by atoms with E-state index < -0.39 is 27.8 Å². The van der Waals surface area contributed by atoms with Gasteiger partial charge < -0.3 is 15.1 Å². The average molecular weight is 418 g/mol. The fraction of sp³-hybridized carbons (Fsp3) is 0.421. The first-order valence-corrected chi connectivity index (χ1v) is 11.1. The number of anilines is 2. The number of fused-ring (bicyclic) bond motifs is 1. The van der Waals surface area contributed by atoms with Crippen molar-refractivity contribution in [2.75, 3.05) is 21.9 Å². The van der Waals surface area contributed by atoms with Crippen LogP contribution in [0.4, 0.5) is 11.6 Å². The van der Waals surface area contributed by atoms with E-state index in [2.05, 4.69) is 9.71 Å². The molecule has 2 atom stereocenters. The molecule has 1 aliphatic carbocycles. The summed E-state index contributed by atoms with van der Waals surface area (Å²) in [5.41, 5.74) is 3.79. The number of sulfonamides is 1. The summed E-state index contributed by atoms with van der Waals surface area (Å²) < 4.78 is 26.2. The third kappa shape index (κ3) is 3.90. The van der Waals surface area contributed by atoms with Crippen LogP contribution in [-0.4, -0.2) is 59.0 Å². The number of hydrogen-bond acceptors (Lipinski definition) is 7. The van der Waals surface area contributed by atoms with E-state index in [1.165, 1.54) is 0 Å². The molecule has 1 aromatic carbocycles. The quantitative estimate of drug-likeness (QED) is 0.634. The molecule has 3 N–H and O–H groups in total. The second-order valence-electron chi connectivity index (χ2n) is 7.45. The van der Waals surface area contributed by atoms with Gasteiger partial charge in [0.25, 0.3) is 0 Å². The summed E-state index contributed by atoms with van der Waals surface area (Å²) in [5.74, 6) is -1.85. The molecular weight excluding hydrogens is 396 g/mol. The Labute approximate surface area is 168 Å². The Morgan fingerprint density at radius 2 is 2.10 bits per heavy atom. The molecule has 0 saturated carbocycles. The Bertz CT molecular complexity index is 1070. The van der Waals surface area contributed by atoms with Gasteiger partial charge in [0.1, 0.15) is 0 Å². The molecule has 1 aliphatic heterocycles. The largest absolute Gasteiger partial charge is 0.480 e. The zero-order chi connectivity index (χ0) is 20.8. The van der Waals surface area contributed by atoms with E-state index in [1.54, 1.807) is 18.2 Å². The van der Waals surface area contributed by atoms with Gasteiger partial charge in [0, 0.05) is 29.1 Å². The van der Waals surface area contributed by atoms with E-state index in [9.17, 15) is 18.3 Å². The molecule has 2 aliphatic rings. The molecule has 9 nitrogen and oxygen atoms in total. The summed E-state index contributed by atoms with van der Waals surface area (Å²) in [6.45, 7) is 2.40. The highest BCUT2D eigenvalue weighted by Gasteiger charge is 2.36. The SMILES string of the molecule is C[C@H]1[C@H](O)CN1c1nc2c(c(-c3cccc(NS(=O)(=O)CC(=O)O)c3)n1)CCC2. The van der Waals surface area contributed by atoms with Gasteiger partial charge in [0.05, 0.1) is 17.8 Å². The molecule has 154 valence electrons. The first-order valence-electron chi connectivity index (χ1n) is 9.41. The average Bonchev–Trinajstić information content (AvgIpc) is 3.12. The van der Waals surface area contributed by atoms with Crippen molar-refractivity contribution in [1.29, 1.82) is 0 Å². The van der Waals surface area contributed by atoms with E-state index in [0.29, 0.717) is 12.5 Å². The molecule has 29 heavy (non-hydrogen) atoms. The molecule has 10 heteroatoms. The molecule has 0 unspecified atom stereocenters. The van der Waals surface area contributed by atoms with E-state index in [4.69, 9.17) is 10.1 Å². The van der Waals surface area contributed by atoms with E-state index in [1.807, 2.05) is 17.9 Å². The number of carboxylic acid groups (broad SMARTS) is 1. The lowest BCUT2D eigenvalue weighted by Gasteiger charge is -2.43. The fourth-order valence-electron chi connectivity index (χ4n) is 3.75. The second-order valence-corrected chi connectivity index (χ2v) is 9.17. The van der Waals surface area contributed by atoms with Crippen LogP contribution in [0.15, 0.2) is 24.3 Å². The van der Waals surface area contributed by atoms with Crippen molar-refractivity contribution in [1.82, 2.24) is 9.97 Å². The van der Waals surface area contributed by atoms with Gasteiger partial charge in [-0.3, -0.25) is 9.52 Å². The number of aromatic nitrogens is 2. The summed E-state index contributed by atoms with van der Waals surface area (Å²) in [6.07, 6.45) is 2.28. The third-order valence-electron chi connectivity index (χ3n) is 5.33. The zero-order valence-electron chi connectivity index (χ0n) is 15.9. The van der Waals surface area contributed by atoms with Gasteiger partial charge >= 0.3 is 5.97 Å². The molecule has 2 heterocycles. The monoisotopic (exact) mass is 418 g/mol. The smallest absolute Gasteiger partial charge is 0.320 e. The number of aliphatic hydroxyl groups excluding tert-OH is 1. The minimum absolute atomic E-state index is 0.0588. The summed E-state index contributed by atoms with van der Waals surface area (Å²) in [6, 6.07) is 6.70. The van der Waals surface area contributed by atoms with Crippen molar-refractivity contribution >= 4 is 27.6 Å². The van der Waals surface area contributed by atoms with E-state index in [0.717, 1.165) is 41.8 Å². The summed E-state index contributed by atoms with van der Waals surface area (Å²) >= 11 is 0. The highest BCUT2D eigenvalue weighted by molar-refractivity contribution is 7.93. The molecule has 0 bridgehead atoms. The number of β-amino-alcohol motifs (C(OH)–C–C–N with tert-alkyl or cyclic N) is 1. The van der Waals surface area contributed by atoms with E-state index in [-0.39, 0.29) is 11.7 Å². The van der Waals surface area contributed by atoms with Crippen LogP contribution in [0.1, 0.15) is 24.6 Å². The van der Waals surface area contributed by atoms with Crippen LogP contribution in [0.25, 0.3) is 11.3 Å². The van der Waals surface area contributed by atoms with Crippen molar-refractivity contribution < 1.29 is 23.4 Å². The Balaban J connectivity index is 1.70. The lowest BCUT2D eigenvalue weighted by atomic mass is 10.0. The number of nitrogens with zero attached hydrogens (tertiary/aromatic N) is 3. The lowest BCUT2D eigenvalue weighted by Crippen LogP contribution is -2.59. The number of carbonyl (C=O) groups is 1. The zero-order valence-corrected chi connectivity index (χ0v) is 16.7. The topological polar surface area (TPSA) is 133 Å². The predicted molar refractivity (Wildman–Crippen MR) is 107 cm³/mol. The van der Waals surface area contributed by atoms with Gasteiger partial charge in [-0.2, -0.15) is 0 Å². The summed E-state index contributed by atoms with van der Waals surface area (Å²) in [5, 5.41) is 18.6. The number of aliphatic hydroxyl groups is 1. The highest BCUT2D eigenvalue weighted by Crippen LogP contribution is 2.34. The van der Waals surface area contributed by atoms with Crippen LogP contribution in [0.3, 0.4) is 0 Å². The van der Waals surface area contributed by atoms with Crippen LogP contribution in [0.2, 0.25) is 0 Å². The molecule has 1 aromatic heterocycles. The number of benzene rings is 1. The Morgan fingerprint density at radius 3 is 2.79 bits per heavy atom.